The quantitative estimate of drug-likeness (QED) is 0.654. The van der Waals surface area contributed by atoms with Gasteiger partial charge in [0.1, 0.15) is 10.8 Å². The van der Waals surface area contributed by atoms with Crippen LogP contribution in [0.3, 0.4) is 0 Å². The van der Waals surface area contributed by atoms with Crippen molar-refractivity contribution in [3.05, 3.63) is 70.7 Å². The fraction of sp³-hybridized carbons (Fsp3) is 0.273. The zero-order chi connectivity index (χ0) is 19.2. The van der Waals surface area contributed by atoms with Crippen molar-refractivity contribution >= 4 is 17.2 Å². The molecule has 140 valence electrons. The molecule has 1 unspecified atom stereocenters. The molecule has 1 atom stereocenters. The molecule has 1 amide bonds. The summed E-state index contributed by atoms with van der Waals surface area (Å²) in [7, 11) is 0. The maximum Gasteiger partial charge on any atom is 0.260 e. The summed E-state index contributed by atoms with van der Waals surface area (Å²) in [5.41, 5.74) is 4.46. The Hall–Kier alpha value is -2.66. The summed E-state index contributed by atoms with van der Waals surface area (Å²) in [5.74, 6) is 0.597. The zero-order valence-corrected chi connectivity index (χ0v) is 16.7. The van der Waals surface area contributed by atoms with Crippen molar-refractivity contribution in [2.45, 2.75) is 33.3 Å². The van der Waals surface area contributed by atoms with E-state index in [4.69, 9.17) is 4.74 Å². The monoisotopic (exact) mass is 380 g/mol. The highest BCUT2D eigenvalue weighted by molar-refractivity contribution is 7.13. The highest BCUT2D eigenvalue weighted by Crippen LogP contribution is 2.23. The number of carbonyl (C=O) groups excluding carboxylic acids is 1. The number of amides is 1. The minimum absolute atomic E-state index is 0.119. The summed E-state index contributed by atoms with van der Waals surface area (Å²) < 4.78 is 5.75. The molecule has 0 fully saturated rings. The molecule has 2 aromatic carbocycles. The van der Waals surface area contributed by atoms with E-state index in [1.54, 1.807) is 18.3 Å². The second-order valence-corrected chi connectivity index (χ2v) is 7.42. The number of hydrogen-bond donors (Lipinski definition) is 1. The molecular weight excluding hydrogens is 356 g/mol. The van der Waals surface area contributed by atoms with Gasteiger partial charge in [-0.2, -0.15) is 0 Å². The molecular formula is C22H24N2O2S. The Morgan fingerprint density at radius 1 is 1.15 bits per heavy atom. The Morgan fingerprint density at radius 2 is 1.93 bits per heavy atom. The second kappa shape index (κ2) is 8.82. The lowest BCUT2D eigenvalue weighted by Gasteiger charge is -2.15. The van der Waals surface area contributed by atoms with Crippen LogP contribution < -0.4 is 10.1 Å². The van der Waals surface area contributed by atoms with Gasteiger partial charge in [-0.1, -0.05) is 36.4 Å². The smallest absolute Gasteiger partial charge is 0.260 e. The number of rotatable bonds is 7. The minimum atomic E-state index is -0.539. The molecule has 3 rings (SSSR count). The maximum absolute atomic E-state index is 12.3. The average Bonchev–Trinajstić information content (AvgIpc) is 3.14. The minimum Gasteiger partial charge on any atom is -0.481 e. The number of aryl methyl sites for hydroxylation is 2. The first-order valence-electron chi connectivity index (χ1n) is 9.04. The van der Waals surface area contributed by atoms with Crippen LogP contribution in [-0.4, -0.2) is 23.5 Å². The molecule has 0 spiro atoms. The van der Waals surface area contributed by atoms with Crippen molar-refractivity contribution < 1.29 is 9.53 Å². The van der Waals surface area contributed by atoms with Crippen LogP contribution in [0, 0.1) is 13.8 Å². The predicted octanol–water partition coefficient (Wildman–Crippen LogP) is 4.55. The van der Waals surface area contributed by atoms with E-state index in [-0.39, 0.29) is 5.91 Å². The molecule has 0 saturated carbocycles. The van der Waals surface area contributed by atoms with Crippen LogP contribution in [0.1, 0.15) is 23.7 Å². The van der Waals surface area contributed by atoms with E-state index >= 15 is 0 Å². The fourth-order valence-corrected chi connectivity index (χ4v) is 3.50. The highest BCUT2D eigenvalue weighted by Gasteiger charge is 2.14. The van der Waals surface area contributed by atoms with Crippen LogP contribution in [0.2, 0.25) is 0 Å². The van der Waals surface area contributed by atoms with Gasteiger partial charge >= 0.3 is 0 Å². The van der Waals surface area contributed by atoms with E-state index in [9.17, 15) is 4.79 Å². The number of hydrogen-bond acceptors (Lipinski definition) is 4. The Balaban J connectivity index is 1.47. The highest BCUT2D eigenvalue weighted by atomic mass is 32.1. The Kier molecular flexibility index (Phi) is 6.24. The lowest BCUT2D eigenvalue weighted by Crippen LogP contribution is -2.37. The Labute approximate surface area is 164 Å². The SMILES string of the molecule is Cc1ccc(OC(C)C(=O)NCCc2csc(-c3ccccc3)n2)cc1C. The van der Waals surface area contributed by atoms with Crippen molar-refractivity contribution in [1.29, 1.82) is 0 Å². The van der Waals surface area contributed by atoms with Gasteiger partial charge in [0.05, 0.1) is 5.69 Å². The topological polar surface area (TPSA) is 51.2 Å². The van der Waals surface area contributed by atoms with E-state index in [1.807, 2.05) is 48.7 Å². The number of nitrogens with zero attached hydrogens (tertiary/aromatic N) is 1. The standard InChI is InChI=1S/C22H24N2O2S/c1-15-9-10-20(13-16(15)2)26-17(3)21(25)23-12-11-19-14-27-22(24-19)18-7-5-4-6-8-18/h4-10,13-14,17H,11-12H2,1-3H3,(H,23,25). The van der Waals surface area contributed by atoms with Gasteiger partial charge in [0.2, 0.25) is 0 Å². The van der Waals surface area contributed by atoms with Crippen molar-refractivity contribution in [2.75, 3.05) is 6.54 Å². The van der Waals surface area contributed by atoms with Gasteiger partial charge in [0, 0.05) is 23.9 Å². The summed E-state index contributed by atoms with van der Waals surface area (Å²) in [6.07, 6.45) is 0.160. The zero-order valence-electron chi connectivity index (χ0n) is 15.9. The van der Waals surface area contributed by atoms with Crippen LogP contribution in [0.5, 0.6) is 5.75 Å². The summed E-state index contributed by atoms with van der Waals surface area (Å²) in [5, 5.41) is 5.98. The summed E-state index contributed by atoms with van der Waals surface area (Å²) in [6, 6.07) is 16.0. The molecule has 0 aliphatic heterocycles. The van der Waals surface area contributed by atoms with E-state index in [2.05, 4.69) is 29.4 Å². The van der Waals surface area contributed by atoms with Crippen LogP contribution in [0.25, 0.3) is 10.6 Å². The Bertz CT molecular complexity index is 906. The molecule has 1 aromatic heterocycles. The molecule has 27 heavy (non-hydrogen) atoms. The van der Waals surface area contributed by atoms with Gasteiger partial charge < -0.3 is 10.1 Å². The maximum atomic E-state index is 12.3. The molecule has 3 aromatic rings. The first-order chi connectivity index (χ1) is 13.0. The van der Waals surface area contributed by atoms with Crippen LogP contribution >= 0.6 is 11.3 Å². The third kappa shape index (κ3) is 5.17. The predicted molar refractivity (Wildman–Crippen MR) is 110 cm³/mol. The molecule has 0 saturated heterocycles. The van der Waals surface area contributed by atoms with Crippen molar-refractivity contribution in [1.82, 2.24) is 10.3 Å². The normalized spacial score (nSPS) is 11.8. The summed E-state index contributed by atoms with van der Waals surface area (Å²) >= 11 is 1.62. The first-order valence-corrected chi connectivity index (χ1v) is 9.92. The number of carbonyl (C=O) groups is 1. The van der Waals surface area contributed by atoms with Crippen molar-refractivity contribution in [2.24, 2.45) is 0 Å². The average molecular weight is 381 g/mol. The first kappa shape index (κ1) is 19.1. The van der Waals surface area contributed by atoms with Crippen molar-refractivity contribution in [3.63, 3.8) is 0 Å². The van der Waals surface area contributed by atoms with Crippen LogP contribution in [0.15, 0.2) is 53.9 Å². The van der Waals surface area contributed by atoms with Gasteiger partial charge in [-0.15, -0.1) is 11.3 Å². The second-order valence-electron chi connectivity index (χ2n) is 6.56. The van der Waals surface area contributed by atoms with Gasteiger partial charge in [0.25, 0.3) is 5.91 Å². The largest absolute Gasteiger partial charge is 0.481 e. The summed E-state index contributed by atoms with van der Waals surface area (Å²) in [4.78, 5) is 16.9. The van der Waals surface area contributed by atoms with Crippen LogP contribution in [-0.2, 0) is 11.2 Å². The number of thiazole rings is 1. The van der Waals surface area contributed by atoms with E-state index in [0.29, 0.717) is 18.7 Å². The Morgan fingerprint density at radius 3 is 2.67 bits per heavy atom. The number of benzene rings is 2. The number of aromatic nitrogens is 1. The number of nitrogens with one attached hydrogen (secondary N) is 1. The van der Waals surface area contributed by atoms with Gasteiger partial charge in [-0.3, -0.25) is 4.79 Å². The lowest BCUT2D eigenvalue weighted by atomic mass is 10.1. The lowest BCUT2D eigenvalue weighted by molar-refractivity contribution is -0.127. The van der Waals surface area contributed by atoms with Gasteiger partial charge in [-0.05, 0) is 44.0 Å². The number of ether oxygens (including phenoxy) is 1. The molecule has 5 heteroatoms. The van der Waals surface area contributed by atoms with Gasteiger partial charge in [-0.25, -0.2) is 4.98 Å². The van der Waals surface area contributed by atoms with Gasteiger partial charge in [0.15, 0.2) is 6.10 Å². The molecule has 0 aliphatic rings. The van der Waals surface area contributed by atoms with Crippen LogP contribution in [0.4, 0.5) is 0 Å². The third-order valence-electron chi connectivity index (χ3n) is 4.41. The molecule has 0 aliphatic carbocycles. The van der Waals surface area contributed by atoms with Crippen molar-refractivity contribution in [3.8, 4) is 16.3 Å². The van der Waals surface area contributed by atoms with E-state index < -0.39 is 6.10 Å². The van der Waals surface area contributed by atoms with E-state index in [1.165, 1.54) is 5.56 Å². The molecule has 1 heterocycles. The molecule has 4 nitrogen and oxygen atoms in total. The molecule has 0 bridgehead atoms. The summed E-state index contributed by atoms with van der Waals surface area (Å²) in [6.45, 7) is 6.39. The molecule has 1 N–H and O–H groups in total. The molecule has 0 radical (unpaired) electrons. The van der Waals surface area contributed by atoms with E-state index in [0.717, 1.165) is 21.8 Å². The third-order valence-corrected chi connectivity index (χ3v) is 5.35. The fourth-order valence-electron chi connectivity index (χ4n) is 2.64.